The van der Waals surface area contributed by atoms with Crippen LogP contribution in [0.3, 0.4) is 0 Å². The predicted molar refractivity (Wildman–Crippen MR) is 43.4 cm³/mol. The first-order chi connectivity index (χ1) is 1.73. The summed E-state index contributed by atoms with van der Waals surface area (Å²) < 4.78 is 0. The summed E-state index contributed by atoms with van der Waals surface area (Å²) in [6.07, 6.45) is 0. The van der Waals surface area contributed by atoms with Gasteiger partial charge in [0.15, 0.2) is 0 Å². The molecule has 0 atom stereocenters. The van der Waals surface area contributed by atoms with Crippen LogP contribution >= 0.6 is 49.6 Å². The van der Waals surface area contributed by atoms with Gasteiger partial charge in [0.25, 0.3) is 0 Å². The smallest absolute Gasteiger partial charge is 0.120 e. The number of rotatable bonds is 0. The highest BCUT2D eigenvalue weighted by Crippen LogP contribution is 1.10. The fourth-order valence-corrected chi connectivity index (χ4v) is 0. The Morgan fingerprint density at radius 2 is 0.625 bits per heavy atom. The molecule has 0 saturated carbocycles. The number of nitrogens with zero attached hydrogens (tertiary/aromatic N) is 1. The van der Waals surface area contributed by atoms with Crippen molar-refractivity contribution in [3.63, 3.8) is 0 Å². The quantitative estimate of drug-likeness (QED) is 0.373. The van der Waals surface area contributed by atoms with Crippen LogP contribution in [-0.4, -0.2) is 5.23 Å². The molecule has 0 aliphatic heterocycles. The molecule has 0 rings (SSSR count). The molecule has 0 radical (unpaired) electrons. The Bertz CT molecular complexity index is 12.8. The van der Waals surface area contributed by atoms with E-state index in [0.29, 0.717) is 5.23 Å². The van der Waals surface area contributed by atoms with Gasteiger partial charge in [0.2, 0.25) is 0 Å². The molecule has 0 fully saturated rings. The van der Waals surface area contributed by atoms with Crippen LogP contribution < -0.4 is 17.5 Å². The summed E-state index contributed by atoms with van der Waals surface area (Å²) >= 11 is 0. The highest BCUT2D eigenvalue weighted by Gasteiger charge is 1.55. The minimum Gasteiger partial charge on any atom is -0.241 e. The van der Waals surface area contributed by atoms with Gasteiger partial charge in [-0.25, -0.2) is 17.5 Å². The van der Waals surface area contributed by atoms with Crippen molar-refractivity contribution >= 4 is 49.6 Å². The lowest BCUT2D eigenvalue weighted by atomic mass is 12.3. The molecule has 0 spiro atoms. The van der Waals surface area contributed by atoms with E-state index < -0.39 is 0 Å². The molecule has 0 aromatic heterocycles. The number of halogens is 4. The zero-order chi connectivity index (χ0) is 3.58. The molecule has 4 nitrogen and oxygen atoms in total. The van der Waals surface area contributed by atoms with Crippen molar-refractivity contribution in [2.75, 3.05) is 0 Å². The molecule has 6 N–H and O–H groups in total. The summed E-state index contributed by atoms with van der Waals surface area (Å²) in [6, 6.07) is 0. The Balaban J connectivity index is -0.00000000750. The number of hydrogen-bond acceptors (Lipinski definition) is 4. The van der Waals surface area contributed by atoms with Gasteiger partial charge in [-0.1, -0.05) is 0 Å². The van der Waals surface area contributed by atoms with Crippen LogP contribution in [0.15, 0.2) is 0 Å². The van der Waals surface area contributed by atoms with Gasteiger partial charge in [0, 0.05) is 0 Å². The van der Waals surface area contributed by atoms with E-state index in [1.165, 1.54) is 0 Å². The second-order valence-electron chi connectivity index (χ2n) is 0.447. The van der Waals surface area contributed by atoms with Crippen LogP contribution in [0.1, 0.15) is 0 Å². The zero-order valence-corrected chi connectivity index (χ0v) is 7.08. The predicted octanol–water partition coefficient (Wildman–Crippen LogP) is -0.403. The Hall–Kier alpha value is 1.000. The molecule has 0 aromatic rings. The topological polar surface area (TPSA) is 81.3 Å². The molecule has 58 valence electrons. The van der Waals surface area contributed by atoms with Gasteiger partial charge in [0.1, 0.15) is 0 Å². The van der Waals surface area contributed by atoms with Gasteiger partial charge >= 0.3 is 0 Å². The Labute approximate surface area is 72.7 Å². The second kappa shape index (κ2) is 24.5. The van der Waals surface area contributed by atoms with Crippen LogP contribution in [0.4, 0.5) is 0 Å². The third-order valence-electron chi connectivity index (χ3n) is 0. The van der Waals surface area contributed by atoms with Crippen LogP contribution in [0, 0.1) is 0 Å². The van der Waals surface area contributed by atoms with Crippen LogP contribution in [-0.2, 0) is 0 Å². The molecule has 0 aliphatic carbocycles. The molecule has 0 heterocycles. The highest BCUT2D eigenvalue weighted by atomic mass is 35.5. The van der Waals surface area contributed by atoms with Gasteiger partial charge in [-0.2, -0.15) is 0 Å². The van der Waals surface area contributed by atoms with E-state index in [1.54, 1.807) is 0 Å². The van der Waals surface area contributed by atoms with E-state index >= 15 is 0 Å². The van der Waals surface area contributed by atoms with E-state index in [4.69, 9.17) is 0 Å². The zero-order valence-electron chi connectivity index (χ0n) is 3.81. The summed E-state index contributed by atoms with van der Waals surface area (Å²) in [5, 5.41) is 0.500. The van der Waals surface area contributed by atoms with Crippen LogP contribution in [0.2, 0.25) is 0 Å². The maximum absolute atomic E-state index is 4.50. The fourth-order valence-electron chi connectivity index (χ4n) is 0. The van der Waals surface area contributed by atoms with Crippen molar-refractivity contribution in [3.8, 4) is 0 Å². The summed E-state index contributed by atoms with van der Waals surface area (Å²) in [7, 11) is 0. The standard InChI is InChI=1S/4ClH.H6N4/c;;;;1-4(2)3/h4*1H;1-3H2. The SMILES string of the molecule is Cl.Cl.Cl.Cl.NN(N)N. The highest BCUT2D eigenvalue weighted by molar-refractivity contribution is 5.86. The number of hydrogen-bond donors (Lipinski definition) is 3. The first-order valence-corrected chi connectivity index (χ1v) is 0.775. The largest absolute Gasteiger partial charge is 0.241 e. The van der Waals surface area contributed by atoms with Gasteiger partial charge in [-0.05, 0) is 0 Å². The van der Waals surface area contributed by atoms with Crippen molar-refractivity contribution in [2.24, 2.45) is 17.5 Å². The van der Waals surface area contributed by atoms with Crippen molar-refractivity contribution in [2.45, 2.75) is 0 Å². The molecule has 0 unspecified atom stereocenters. The van der Waals surface area contributed by atoms with Crippen molar-refractivity contribution in [1.82, 2.24) is 5.23 Å². The fraction of sp³-hybridized carbons (Fsp3) is 0. The van der Waals surface area contributed by atoms with Crippen LogP contribution in [0.25, 0.3) is 0 Å². The lowest BCUT2D eigenvalue weighted by Crippen LogP contribution is -2.43. The van der Waals surface area contributed by atoms with Crippen molar-refractivity contribution in [3.05, 3.63) is 0 Å². The molecule has 0 saturated heterocycles. The van der Waals surface area contributed by atoms with E-state index in [9.17, 15) is 0 Å². The Kier molecular flexibility index (Phi) is 110. The summed E-state index contributed by atoms with van der Waals surface area (Å²) in [4.78, 5) is 0. The molecule has 0 aliphatic rings. The number of nitrogens with two attached hydrogens (primary N) is 3. The molecule has 0 bridgehead atoms. The van der Waals surface area contributed by atoms with E-state index in [-0.39, 0.29) is 49.6 Å². The first kappa shape index (κ1) is 36.0. The van der Waals surface area contributed by atoms with Crippen molar-refractivity contribution in [1.29, 1.82) is 0 Å². The van der Waals surface area contributed by atoms with Gasteiger partial charge in [-0.3, -0.25) is 0 Å². The molecule has 0 amide bonds. The monoisotopic (exact) mass is 206 g/mol. The Morgan fingerprint density at radius 3 is 0.625 bits per heavy atom. The number of hydrazine groups is 3. The molecule has 8 heteroatoms. The maximum Gasteiger partial charge on any atom is -0.120 e. The minimum absolute atomic E-state index is 0. The summed E-state index contributed by atoms with van der Waals surface area (Å²) in [5.74, 6) is 13.5. The maximum atomic E-state index is 4.50. The molecule has 8 heavy (non-hydrogen) atoms. The first-order valence-electron chi connectivity index (χ1n) is 0.775. The Morgan fingerprint density at radius 1 is 0.625 bits per heavy atom. The minimum atomic E-state index is 0. The summed E-state index contributed by atoms with van der Waals surface area (Å²) in [5.41, 5.74) is 0. The second-order valence-corrected chi connectivity index (χ2v) is 0.447. The summed E-state index contributed by atoms with van der Waals surface area (Å²) in [6.45, 7) is 0. The molecule has 0 aromatic carbocycles. The molecular formula is H10Cl4N4. The van der Waals surface area contributed by atoms with Gasteiger partial charge < -0.3 is 0 Å². The third kappa shape index (κ3) is 252. The lowest BCUT2D eigenvalue weighted by molar-refractivity contribution is 0.306. The van der Waals surface area contributed by atoms with E-state index in [2.05, 4.69) is 17.5 Å². The third-order valence-corrected chi connectivity index (χ3v) is 0. The normalized spacial score (nSPS) is 4.50. The molecular weight excluding hydrogens is 198 g/mol. The van der Waals surface area contributed by atoms with Crippen LogP contribution in [0.5, 0.6) is 0 Å². The lowest BCUT2D eigenvalue weighted by Gasteiger charge is -1.91. The van der Waals surface area contributed by atoms with Crippen molar-refractivity contribution < 1.29 is 0 Å². The average molecular weight is 208 g/mol. The van der Waals surface area contributed by atoms with E-state index in [1.807, 2.05) is 0 Å². The van der Waals surface area contributed by atoms with Gasteiger partial charge in [0.05, 0.1) is 0 Å². The van der Waals surface area contributed by atoms with E-state index in [0.717, 1.165) is 0 Å². The average Bonchev–Trinajstić information content (AvgIpc) is 0.811. The van der Waals surface area contributed by atoms with Gasteiger partial charge in [-0.15, -0.1) is 54.9 Å².